The lowest BCUT2D eigenvalue weighted by molar-refractivity contribution is 0.398. The molecule has 0 aliphatic carbocycles. The topological polar surface area (TPSA) is 9.72 Å². The summed E-state index contributed by atoms with van der Waals surface area (Å²) in [4.78, 5) is 6.46. The Morgan fingerprint density at radius 3 is 0.941 bits per heavy atom. The Labute approximate surface area is 111 Å². The van der Waals surface area contributed by atoms with Crippen molar-refractivity contribution in [1.29, 1.82) is 0 Å². The molecule has 0 heterocycles. The number of hydrogen-bond donors (Lipinski definition) is 0. The van der Waals surface area contributed by atoms with Gasteiger partial charge in [-0.05, 0) is 68.3 Å². The van der Waals surface area contributed by atoms with Crippen molar-refractivity contribution < 1.29 is 0 Å². The molecule has 0 radical (unpaired) electrons. The maximum absolute atomic E-state index is 2.21. The fourth-order valence-corrected chi connectivity index (χ4v) is 0.474. The van der Waals surface area contributed by atoms with Crippen molar-refractivity contribution in [3.63, 3.8) is 0 Å². The van der Waals surface area contributed by atoms with Crippen molar-refractivity contribution in [1.82, 2.24) is 14.7 Å². The first-order chi connectivity index (χ1) is 7.81. The molecule has 0 aliphatic rings. The van der Waals surface area contributed by atoms with E-state index in [1.807, 2.05) is 0 Å². The van der Waals surface area contributed by atoms with E-state index in [4.69, 9.17) is 0 Å². The van der Waals surface area contributed by atoms with Crippen molar-refractivity contribution in [2.45, 2.75) is 33.6 Å². The zero-order chi connectivity index (χ0) is 14.3. The van der Waals surface area contributed by atoms with Gasteiger partial charge in [-0.2, -0.15) is 0 Å². The van der Waals surface area contributed by atoms with E-state index in [9.17, 15) is 0 Å². The number of nitrogens with zero attached hydrogens (tertiary/aromatic N) is 3. The molecule has 3 nitrogen and oxygen atoms in total. The minimum absolute atomic E-state index is 1.14. The number of unbranched alkanes of at least 4 members (excludes halogenated alkanes) is 1. The van der Waals surface area contributed by atoms with Crippen molar-refractivity contribution in [2.75, 3.05) is 61.9 Å². The summed E-state index contributed by atoms with van der Waals surface area (Å²) in [6, 6.07) is 0. The lowest BCUT2D eigenvalue weighted by atomic mass is 10.3. The highest BCUT2D eigenvalue weighted by atomic mass is 15.0. The first-order valence-corrected chi connectivity index (χ1v) is 6.75. The second kappa shape index (κ2) is 18.3. The average molecular weight is 247 g/mol. The molecule has 0 N–H and O–H groups in total. The van der Waals surface area contributed by atoms with Gasteiger partial charge in [0.1, 0.15) is 0 Å². The summed E-state index contributed by atoms with van der Waals surface area (Å²) >= 11 is 0. The van der Waals surface area contributed by atoms with Crippen LogP contribution in [-0.2, 0) is 0 Å². The van der Waals surface area contributed by atoms with E-state index in [0.717, 1.165) is 13.1 Å². The fourth-order valence-electron chi connectivity index (χ4n) is 0.474. The lowest BCUT2D eigenvalue weighted by Crippen LogP contribution is -2.12. The van der Waals surface area contributed by atoms with Gasteiger partial charge in [-0.3, -0.25) is 0 Å². The molecule has 108 valence electrons. The van der Waals surface area contributed by atoms with E-state index in [-0.39, 0.29) is 0 Å². The van der Waals surface area contributed by atoms with Gasteiger partial charge in [-0.15, -0.1) is 0 Å². The molecule has 17 heavy (non-hydrogen) atoms. The van der Waals surface area contributed by atoms with Gasteiger partial charge in [0.05, 0.1) is 0 Å². The van der Waals surface area contributed by atoms with Crippen LogP contribution in [0.5, 0.6) is 0 Å². The Bertz CT molecular complexity index is 104. The minimum atomic E-state index is 1.14. The molecule has 0 spiro atoms. The van der Waals surface area contributed by atoms with Crippen molar-refractivity contribution in [2.24, 2.45) is 0 Å². The van der Waals surface area contributed by atoms with Gasteiger partial charge in [-0.1, -0.05) is 27.2 Å². The molecule has 0 rings (SSSR count). The van der Waals surface area contributed by atoms with Crippen LogP contribution in [0.3, 0.4) is 0 Å². The highest BCUT2D eigenvalue weighted by Crippen LogP contribution is 1.86. The van der Waals surface area contributed by atoms with Crippen molar-refractivity contribution in [3.05, 3.63) is 0 Å². The Morgan fingerprint density at radius 2 is 0.882 bits per heavy atom. The number of hydrogen-bond acceptors (Lipinski definition) is 3. The zero-order valence-corrected chi connectivity index (χ0v) is 13.9. The van der Waals surface area contributed by atoms with Crippen LogP contribution in [-0.4, -0.2) is 76.6 Å². The molecule has 0 aromatic heterocycles. The van der Waals surface area contributed by atoms with E-state index in [0.29, 0.717) is 0 Å². The summed E-state index contributed by atoms with van der Waals surface area (Å²) in [6.45, 7) is 9.97. The Hall–Kier alpha value is -0.120. The average Bonchev–Trinajstić information content (AvgIpc) is 2.27. The maximum atomic E-state index is 2.21. The van der Waals surface area contributed by atoms with Gasteiger partial charge in [0.2, 0.25) is 0 Å². The van der Waals surface area contributed by atoms with Gasteiger partial charge >= 0.3 is 0 Å². The summed E-state index contributed by atoms with van der Waals surface area (Å²) in [5, 5.41) is 0. The standard InChI is InChI=1S/C6H15N.2C4H11N/c1-4-5-6-7(2)3;2*1-4-5(2)3/h4-6H2,1-3H3;2*4H2,1-3H3. The molecule has 0 unspecified atom stereocenters. The van der Waals surface area contributed by atoms with Gasteiger partial charge in [0.25, 0.3) is 0 Å². The predicted octanol–water partition coefficient (Wildman–Crippen LogP) is 2.48. The van der Waals surface area contributed by atoms with Crippen LogP contribution >= 0.6 is 0 Å². The van der Waals surface area contributed by atoms with Crippen LogP contribution in [0.4, 0.5) is 0 Å². The molecule has 3 heteroatoms. The van der Waals surface area contributed by atoms with E-state index >= 15 is 0 Å². The molecule has 0 fully saturated rings. The van der Waals surface area contributed by atoms with Crippen LogP contribution in [0.25, 0.3) is 0 Å². The summed E-state index contributed by atoms with van der Waals surface area (Å²) in [5.74, 6) is 0. The summed E-state index contributed by atoms with van der Waals surface area (Å²) < 4.78 is 0. The van der Waals surface area contributed by atoms with Crippen LogP contribution < -0.4 is 0 Å². The Kier molecular flexibility index (Phi) is 23.7. The maximum Gasteiger partial charge on any atom is -0.00249 e. The van der Waals surface area contributed by atoms with E-state index in [1.165, 1.54) is 19.4 Å². The summed E-state index contributed by atoms with van der Waals surface area (Å²) in [5.41, 5.74) is 0. The molecule has 0 aliphatic heterocycles. The third kappa shape index (κ3) is 49.3. The van der Waals surface area contributed by atoms with Crippen LogP contribution in [0.2, 0.25) is 0 Å². The molecule has 0 amide bonds. The molecule has 0 atom stereocenters. The molecule has 0 aromatic rings. The first-order valence-electron chi connectivity index (χ1n) is 6.75. The highest BCUT2D eigenvalue weighted by molar-refractivity contribution is 4.39. The SMILES string of the molecule is CCCCN(C)C.CCN(C)C.CCN(C)C. The third-order valence-corrected chi connectivity index (χ3v) is 2.22. The van der Waals surface area contributed by atoms with Gasteiger partial charge in [0.15, 0.2) is 0 Å². The Morgan fingerprint density at radius 1 is 0.588 bits per heavy atom. The minimum Gasteiger partial charge on any atom is -0.310 e. The van der Waals surface area contributed by atoms with Crippen LogP contribution in [0.1, 0.15) is 33.6 Å². The van der Waals surface area contributed by atoms with Crippen molar-refractivity contribution in [3.8, 4) is 0 Å². The molecule has 0 saturated heterocycles. The van der Waals surface area contributed by atoms with E-state index < -0.39 is 0 Å². The zero-order valence-electron chi connectivity index (χ0n) is 13.9. The lowest BCUT2D eigenvalue weighted by Gasteiger charge is -2.05. The summed E-state index contributed by atoms with van der Waals surface area (Å²) in [6.07, 6.45) is 2.63. The van der Waals surface area contributed by atoms with E-state index in [1.54, 1.807) is 0 Å². The third-order valence-electron chi connectivity index (χ3n) is 2.22. The summed E-state index contributed by atoms with van der Waals surface area (Å²) in [7, 11) is 12.4. The molecule has 0 saturated carbocycles. The first kappa shape index (κ1) is 22.1. The molecular weight excluding hydrogens is 210 g/mol. The number of rotatable bonds is 5. The van der Waals surface area contributed by atoms with Crippen LogP contribution in [0.15, 0.2) is 0 Å². The van der Waals surface area contributed by atoms with Crippen molar-refractivity contribution >= 4 is 0 Å². The second-order valence-electron chi connectivity index (χ2n) is 4.95. The van der Waals surface area contributed by atoms with Gasteiger partial charge in [-0.25, -0.2) is 0 Å². The highest BCUT2D eigenvalue weighted by Gasteiger charge is 1.83. The van der Waals surface area contributed by atoms with Gasteiger partial charge in [0, 0.05) is 0 Å². The molecule has 0 bridgehead atoms. The van der Waals surface area contributed by atoms with Crippen LogP contribution in [0, 0.1) is 0 Å². The second-order valence-corrected chi connectivity index (χ2v) is 4.95. The molecule has 0 aromatic carbocycles. The predicted molar refractivity (Wildman–Crippen MR) is 81.9 cm³/mol. The smallest absolute Gasteiger partial charge is 0.00249 e. The monoisotopic (exact) mass is 247 g/mol. The quantitative estimate of drug-likeness (QED) is 0.739. The molecular formula is C14H37N3. The van der Waals surface area contributed by atoms with Gasteiger partial charge < -0.3 is 14.7 Å². The fraction of sp³-hybridized carbons (Fsp3) is 1.00. The normalized spacial score (nSPS) is 9.88. The largest absolute Gasteiger partial charge is 0.310 e. The van der Waals surface area contributed by atoms with E-state index in [2.05, 4.69) is 77.8 Å². The Balaban J connectivity index is -0.000000177.